The molecule has 0 amide bonds. The zero-order valence-corrected chi connectivity index (χ0v) is 26.1. The third-order valence-electron chi connectivity index (χ3n) is 4.99. The van der Waals surface area contributed by atoms with Gasteiger partial charge in [0.25, 0.3) is 0 Å². The monoisotopic (exact) mass is 780 g/mol. The lowest BCUT2D eigenvalue weighted by atomic mass is 10.0. The Hall–Kier alpha value is -1.42. The fraction of sp³-hybridized carbons (Fsp3) is 0.0769. The molecule has 4 rings (SSSR count). The molecule has 0 heterocycles. The van der Waals surface area contributed by atoms with Gasteiger partial charge in [0.05, 0.1) is 27.9 Å². The predicted octanol–water partition coefficient (Wildman–Crippen LogP) is 9.73. The van der Waals surface area contributed by atoms with Crippen LogP contribution in [0.4, 0.5) is 0 Å². The van der Waals surface area contributed by atoms with Crippen LogP contribution in [-0.2, 0) is 12.8 Å². The number of hydrogen-bond donors (Lipinski definition) is 4. The number of phenols is 4. The molecule has 0 atom stereocenters. The number of halogens is 6. The molecule has 4 aromatic carbocycles. The number of benzene rings is 4. The van der Waals surface area contributed by atoms with E-state index in [1.165, 1.54) is 0 Å². The summed E-state index contributed by atoms with van der Waals surface area (Å²) in [4.78, 5) is 0. The van der Waals surface area contributed by atoms with Crippen LogP contribution in [0.15, 0.2) is 78.6 Å². The highest BCUT2D eigenvalue weighted by atomic mass is 79.9. The summed E-state index contributed by atoms with van der Waals surface area (Å²) in [5, 5.41) is 38.6. The van der Waals surface area contributed by atoms with Crippen LogP contribution >= 0.6 is 86.9 Å². The molecule has 4 aromatic rings. The minimum atomic E-state index is 0.0687. The van der Waals surface area contributed by atoms with E-state index in [4.69, 9.17) is 23.2 Å². The van der Waals surface area contributed by atoms with Crippen molar-refractivity contribution in [2.45, 2.75) is 12.8 Å². The largest absolute Gasteiger partial charge is 0.506 e. The molecule has 0 bridgehead atoms. The van der Waals surface area contributed by atoms with Crippen molar-refractivity contribution in [3.05, 3.63) is 111 Å². The first-order valence-electron chi connectivity index (χ1n) is 10.2. The highest BCUT2D eigenvalue weighted by Gasteiger charge is 2.10. The van der Waals surface area contributed by atoms with Crippen LogP contribution in [0.2, 0.25) is 10.0 Å². The van der Waals surface area contributed by atoms with E-state index < -0.39 is 0 Å². The van der Waals surface area contributed by atoms with Crippen LogP contribution in [-0.4, -0.2) is 20.4 Å². The molecule has 0 aromatic heterocycles. The Kier molecular flexibility index (Phi) is 10.4. The third kappa shape index (κ3) is 7.79. The summed E-state index contributed by atoms with van der Waals surface area (Å²) in [6, 6.07) is 17.6. The van der Waals surface area contributed by atoms with Crippen LogP contribution in [0.3, 0.4) is 0 Å². The molecule has 0 spiro atoms. The quantitative estimate of drug-likeness (QED) is 0.166. The number of aromatic hydroxyl groups is 4. The molecule has 0 saturated heterocycles. The molecule has 188 valence electrons. The van der Waals surface area contributed by atoms with Gasteiger partial charge in [-0.1, -0.05) is 35.3 Å². The second-order valence-corrected chi connectivity index (χ2v) is 12.0. The van der Waals surface area contributed by atoms with E-state index >= 15 is 0 Å². The second-order valence-electron chi connectivity index (χ2n) is 7.74. The van der Waals surface area contributed by atoms with E-state index in [0.29, 0.717) is 40.8 Å². The van der Waals surface area contributed by atoms with E-state index in [2.05, 4.69) is 63.7 Å². The number of phenolic OH excluding ortho intramolecular Hbond substituents is 4. The first kappa shape index (κ1) is 29.1. The molecule has 4 N–H and O–H groups in total. The molecule has 10 heteroatoms. The zero-order valence-electron chi connectivity index (χ0n) is 18.2. The summed E-state index contributed by atoms with van der Waals surface area (Å²) in [6.45, 7) is 0. The van der Waals surface area contributed by atoms with E-state index in [0.717, 1.165) is 22.3 Å². The molecule has 0 radical (unpaired) electrons. The molecule has 36 heavy (non-hydrogen) atoms. The van der Waals surface area contributed by atoms with Crippen molar-refractivity contribution in [1.82, 2.24) is 0 Å². The first-order chi connectivity index (χ1) is 16.9. The van der Waals surface area contributed by atoms with Gasteiger partial charge >= 0.3 is 0 Å². The maximum atomic E-state index is 9.68. The summed E-state index contributed by atoms with van der Waals surface area (Å²) in [6.07, 6.45) is 1.33. The van der Waals surface area contributed by atoms with Crippen LogP contribution in [0.5, 0.6) is 23.0 Å². The van der Waals surface area contributed by atoms with Gasteiger partial charge in [-0.3, -0.25) is 0 Å². The summed E-state index contributed by atoms with van der Waals surface area (Å²) in [5.74, 6) is 0.520. The minimum absolute atomic E-state index is 0.0687. The average molecular weight is 785 g/mol. The van der Waals surface area contributed by atoms with Gasteiger partial charge in [0.15, 0.2) is 0 Å². The highest BCUT2D eigenvalue weighted by molar-refractivity contribution is 9.11. The molecule has 0 unspecified atom stereocenters. The van der Waals surface area contributed by atoms with Gasteiger partial charge in [-0.05, 0) is 147 Å². The van der Waals surface area contributed by atoms with Crippen molar-refractivity contribution in [2.75, 3.05) is 0 Å². The summed E-state index contributed by atoms with van der Waals surface area (Å²) < 4.78 is 2.59. The maximum absolute atomic E-state index is 9.68. The minimum Gasteiger partial charge on any atom is -0.506 e. The van der Waals surface area contributed by atoms with Crippen LogP contribution in [0.25, 0.3) is 0 Å². The molecule has 0 fully saturated rings. The van der Waals surface area contributed by atoms with Gasteiger partial charge < -0.3 is 20.4 Å². The predicted molar refractivity (Wildman–Crippen MR) is 159 cm³/mol. The molecule has 0 aliphatic rings. The van der Waals surface area contributed by atoms with Crippen molar-refractivity contribution < 1.29 is 20.4 Å². The topological polar surface area (TPSA) is 80.9 Å². The average Bonchev–Trinajstić information content (AvgIpc) is 2.81. The highest BCUT2D eigenvalue weighted by Crippen LogP contribution is 2.36. The van der Waals surface area contributed by atoms with Gasteiger partial charge in [0.1, 0.15) is 23.0 Å². The van der Waals surface area contributed by atoms with E-state index in [1.807, 2.05) is 24.3 Å². The van der Waals surface area contributed by atoms with Crippen molar-refractivity contribution >= 4 is 86.9 Å². The lowest BCUT2D eigenvalue weighted by molar-refractivity contribution is 0.468. The fourth-order valence-electron chi connectivity index (χ4n) is 3.23. The van der Waals surface area contributed by atoms with Crippen molar-refractivity contribution in [3.63, 3.8) is 0 Å². The SMILES string of the molecule is Oc1c(Br)cc(Cc2cc(Br)c(O)c(Br)c2)cc1Br.Oc1ccc(Cc2ccc(O)c(Cl)c2)cc1Cl. The molecular weight excluding hydrogens is 767 g/mol. The van der Waals surface area contributed by atoms with Crippen molar-refractivity contribution in [3.8, 4) is 23.0 Å². The van der Waals surface area contributed by atoms with Crippen LogP contribution in [0, 0.1) is 0 Å². The van der Waals surface area contributed by atoms with Crippen LogP contribution < -0.4 is 0 Å². The smallest absolute Gasteiger partial charge is 0.143 e. The summed E-state index contributed by atoms with van der Waals surface area (Å²) in [5.41, 5.74) is 4.02. The van der Waals surface area contributed by atoms with Crippen LogP contribution in [0.1, 0.15) is 22.3 Å². The summed E-state index contributed by atoms with van der Waals surface area (Å²) >= 11 is 24.9. The second kappa shape index (κ2) is 12.9. The molecule has 0 aliphatic heterocycles. The Balaban J connectivity index is 0.000000202. The number of hydrogen-bond acceptors (Lipinski definition) is 4. The Morgan fingerprint density at radius 1 is 0.472 bits per heavy atom. The van der Waals surface area contributed by atoms with E-state index in [9.17, 15) is 20.4 Å². The summed E-state index contributed by atoms with van der Waals surface area (Å²) in [7, 11) is 0. The zero-order chi connectivity index (χ0) is 26.6. The Labute approximate surface area is 252 Å². The Morgan fingerprint density at radius 3 is 1.08 bits per heavy atom. The van der Waals surface area contributed by atoms with E-state index in [-0.39, 0.29) is 23.0 Å². The van der Waals surface area contributed by atoms with Gasteiger partial charge in [-0.2, -0.15) is 0 Å². The normalized spacial score (nSPS) is 10.6. The lowest BCUT2D eigenvalue weighted by Crippen LogP contribution is -1.90. The lowest BCUT2D eigenvalue weighted by Gasteiger charge is -2.08. The molecule has 4 nitrogen and oxygen atoms in total. The Morgan fingerprint density at radius 2 is 0.778 bits per heavy atom. The third-order valence-corrected chi connectivity index (χ3v) is 8.02. The van der Waals surface area contributed by atoms with Crippen molar-refractivity contribution in [2.24, 2.45) is 0 Å². The van der Waals surface area contributed by atoms with Crippen molar-refractivity contribution in [1.29, 1.82) is 0 Å². The standard InChI is InChI=1S/C13H8Br4O2.C13H10Cl2O2/c14-8-2-6(3-9(15)12(8)18)1-7-4-10(16)13(19)11(17)5-7;14-10-6-8(1-3-12(10)16)5-9-2-4-13(17)11(15)7-9/h2-5,18-19H,1H2;1-4,6-7,16-17H,5H2. The molecule has 0 saturated carbocycles. The Bertz CT molecular complexity index is 1260. The van der Waals surface area contributed by atoms with Gasteiger partial charge in [0, 0.05) is 0 Å². The number of rotatable bonds is 4. The van der Waals surface area contributed by atoms with Gasteiger partial charge in [0.2, 0.25) is 0 Å². The van der Waals surface area contributed by atoms with Gasteiger partial charge in [-0.15, -0.1) is 0 Å². The fourth-order valence-corrected chi connectivity index (χ4v) is 6.20. The van der Waals surface area contributed by atoms with E-state index in [1.54, 1.807) is 36.4 Å². The molecule has 0 aliphatic carbocycles. The first-order valence-corrected chi connectivity index (χ1v) is 14.2. The maximum Gasteiger partial charge on any atom is 0.143 e. The van der Waals surface area contributed by atoms with Gasteiger partial charge in [-0.25, -0.2) is 0 Å². The molecular formula is C26H18Br4Cl2O4.